The van der Waals surface area contributed by atoms with Crippen LogP contribution in [0.1, 0.15) is 32.3 Å². The SMILES string of the molecule is C=Cc1cnc(Nc2ccc(N3CCC(N4CCN(C)CC4)CC3)cc2OC)nc1Nc1ccc2nccnc2c1SC(C)C. The molecule has 2 N–H and O–H groups in total. The highest BCUT2D eigenvalue weighted by Crippen LogP contribution is 2.38. The van der Waals surface area contributed by atoms with Gasteiger partial charge in [0.1, 0.15) is 17.1 Å². The Kier molecular flexibility index (Phi) is 9.67. The van der Waals surface area contributed by atoms with Crippen LogP contribution in [0.3, 0.4) is 0 Å². The Morgan fingerprint density at radius 1 is 0.956 bits per heavy atom. The molecule has 0 amide bonds. The molecule has 0 radical (unpaired) electrons. The predicted octanol–water partition coefficient (Wildman–Crippen LogP) is 6.28. The van der Waals surface area contributed by atoms with Gasteiger partial charge in [-0.15, -0.1) is 11.8 Å². The molecule has 0 saturated carbocycles. The van der Waals surface area contributed by atoms with Crippen LogP contribution in [0.15, 0.2) is 60.4 Å². The van der Waals surface area contributed by atoms with E-state index in [0.717, 1.165) is 51.7 Å². The second kappa shape index (κ2) is 14.0. The highest BCUT2D eigenvalue weighted by atomic mass is 32.2. The number of hydrogen-bond acceptors (Lipinski definition) is 11. The third-order valence-corrected chi connectivity index (χ3v) is 9.67. The first kappa shape index (κ1) is 31.1. The zero-order valence-electron chi connectivity index (χ0n) is 26.7. The van der Waals surface area contributed by atoms with Crippen LogP contribution in [-0.2, 0) is 0 Å². The summed E-state index contributed by atoms with van der Waals surface area (Å²) in [6.07, 6.45) is 9.35. The third-order valence-electron chi connectivity index (χ3n) is 8.55. The Bertz CT molecular complexity index is 1630. The number of methoxy groups -OCH3 is 1. The minimum absolute atomic E-state index is 0.360. The average molecular weight is 626 g/mol. The van der Waals surface area contributed by atoms with E-state index in [2.05, 4.69) is 86.0 Å². The van der Waals surface area contributed by atoms with Crippen molar-refractivity contribution in [2.45, 2.75) is 42.9 Å². The normalized spacial score (nSPS) is 16.7. The summed E-state index contributed by atoms with van der Waals surface area (Å²) in [4.78, 5) is 27.2. The molecule has 2 aromatic heterocycles. The Labute approximate surface area is 270 Å². The van der Waals surface area contributed by atoms with Crippen molar-refractivity contribution in [3.63, 3.8) is 0 Å². The zero-order valence-corrected chi connectivity index (χ0v) is 27.5. The van der Waals surface area contributed by atoms with Crippen LogP contribution in [0.2, 0.25) is 0 Å². The highest BCUT2D eigenvalue weighted by molar-refractivity contribution is 8.00. The Morgan fingerprint density at radius 2 is 1.71 bits per heavy atom. The second-order valence-corrected chi connectivity index (χ2v) is 13.5. The molecular weight excluding hydrogens is 583 g/mol. The van der Waals surface area contributed by atoms with Gasteiger partial charge in [0.2, 0.25) is 5.95 Å². The van der Waals surface area contributed by atoms with Crippen LogP contribution in [0.4, 0.5) is 28.8 Å². The molecule has 4 heterocycles. The zero-order chi connectivity index (χ0) is 31.3. The third kappa shape index (κ3) is 7.16. The number of hydrogen-bond donors (Lipinski definition) is 2. The van der Waals surface area contributed by atoms with Crippen molar-refractivity contribution in [2.24, 2.45) is 0 Å². The van der Waals surface area contributed by atoms with Crippen LogP contribution >= 0.6 is 11.8 Å². The molecule has 45 heavy (non-hydrogen) atoms. The standard InChI is InChI=1S/C34H43N9OS/c1-6-24-22-37-34(40-33(24)38-29-10-9-28-31(36-14-13-35-28)32(29)45-23(2)3)39-27-8-7-26(21-30(27)44-5)42-15-11-25(12-16-42)43-19-17-41(4)18-20-43/h6-10,13-14,21-23,25H,1,11-12,15-20H2,2-5H3,(H2,37,38,39,40). The minimum Gasteiger partial charge on any atom is -0.494 e. The number of nitrogens with one attached hydrogen (secondary N) is 2. The summed E-state index contributed by atoms with van der Waals surface area (Å²) in [6, 6.07) is 11.0. The number of anilines is 5. The largest absolute Gasteiger partial charge is 0.494 e. The number of rotatable bonds is 10. The number of piperazine rings is 1. The molecule has 0 aliphatic carbocycles. The molecule has 2 aromatic carbocycles. The molecule has 4 aromatic rings. The number of nitrogens with zero attached hydrogens (tertiary/aromatic N) is 7. The molecule has 236 valence electrons. The van der Waals surface area contributed by atoms with Crippen LogP contribution in [-0.4, -0.2) is 94.5 Å². The van der Waals surface area contributed by atoms with Gasteiger partial charge in [0.05, 0.1) is 28.9 Å². The molecule has 0 unspecified atom stereocenters. The van der Waals surface area contributed by atoms with Crippen molar-refractivity contribution in [3.8, 4) is 5.75 Å². The number of ether oxygens (including phenoxy) is 1. The average Bonchev–Trinajstić information content (AvgIpc) is 3.06. The van der Waals surface area contributed by atoms with Crippen molar-refractivity contribution in [3.05, 3.63) is 61.1 Å². The van der Waals surface area contributed by atoms with Gasteiger partial charge in [0.15, 0.2) is 0 Å². The van der Waals surface area contributed by atoms with Crippen molar-refractivity contribution >= 4 is 57.7 Å². The fraction of sp³-hybridized carbons (Fsp3) is 0.412. The Morgan fingerprint density at radius 3 is 2.44 bits per heavy atom. The van der Waals surface area contributed by atoms with Crippen molar-refractivity contribution in [1.82, 2.24) is 29.7 Å². The summed E-state index contributed by atoms with van der Waals surface area (Å²) in [5.41, 5.74) is 5.41. The van der Waals surface area contributed by atoms with E-state index in [-0.39, 0.29) is 0 Å². The Hall–Kier alpha value is -3.93. The first-order valence-corrected chi connectivity index (χ1v) is 16.6. The number of piperidine rings is 1. The lowest BCUT2D eigenvalue weighted by molar-refractivity contribution is 0.0982. The molecule has 10 nitrogen and oxygen atoms in total. The minimum atomic E-state index is 0.360. The van der Waals surface area contributed by atoms with Gasteiger partial charge in [-0.1, -0.05) is 26.5 Å². The van der Waals surface area contributed by atoms with E-state index in [9.17, 15) is 0 Å². The maximum absolute atomic E-state index is 5.83. The van der Waals surface area contributed by atoms with Gasteiger partial charge in [0.25, 0.3) is 0 Å². The van der Waals surface area contributed by atoms with Crippen LogP contribution < -0.4 is 20.3 Å². The summed E-state index contributed by atoms with van der Waals surface area (Å²) in [6.45, 7) is 15.1. The smallest absolute Gasteiger partial charge is 0.229 e. The van der Waals surface area contributed by atoms with Crippen molar-refractivity contribution in [1.29, 1.82) is 0 Å². The van der Waals surface area contributed by atoms with E-state index < -0.39 is 0 Å². The number of thioether (sulfide) groups is 1. The fourth-order valence-corrected chi connectivity index (χ4v) is 7.06. The summed E-state index contributed by atoms with van der Waals surface area (Å²) in [7, 11) is 3.92. The van der Waals surface area contributed by atoms with Gasteiger partial charge in [-0.25, -0.2) is 4.98 Å². The van der Waals surface area contributed by atoms with Crippen LogP contribution in [0.5, 0.6) is 5.75 Å². The number of likely N-dealkylation sites (N-methyl/N-ethyl adjacent to an activating group) is 1. The van der Waals surface area contributed by atoms with Gasteiger partial charge in [-0.3, -0.25) is 14.9 Å². The second-order valence-electron chi connectivity index (χ2n) is 11.9. The number of benzene rings is 2. The maximum atomic E-state index is 5.83. The summed E-state index contributed by atoms with van der Waals surface area (Å²) in [5.74, 6) is 1.86. The topological polar surface area (TPSA) is 94.6 Å². The fourth-order valence-electron chi connectivity index (χ4n) is 6.07. The molecule has 0 bridgehead atoms. The van der Waals surface area contributed by atoms with E-state index in [1.807, 2.05) is 12.1 Å². The molecule has 0 atom stereocenters. The molecule has 0 spiro atoms. The predicted molar refractivity (Wildman–Crippen MR) is 187 cm³/mol. The lowest BCUT2D eigenvalue weighted by Gasteiger charge is -2.42. The Balaban J connectivity index is 1.18. The lowest BCUT2D eigenvalue weighted by Crippen LogP contribution is -2.52. The molecular formula is C34H43N9OS. The van der Waals surface area contributed by atoms with E-state index in [1.54, 1.807) is 43.5 Å². The lowest BCUT2D eigenvalue weighted by atomic mass is 10.0. The summed E-state index contributed by atoms with van der Waals surface area (Å²) >= 11 is 1.74. The van der Waals surface area contributed by atoms with Crippen molar-refractivity contribution in [2.75, 3.05) is 69.0 Å². The van der Waals surface area contributed by atoms with Crippen LogP contribution in [0, 0.1) is 0 Å². The molecule has 6 rings (SSSR count). The first-order chi connectivity index (χ1) is 21.9. The quantitative estimate of drug-likeness (QED) is 0.195. The van der Waals surface area contributed by atoms with E-state index in [1.165, 1.54) is 44.7 Å². The van der Waals surface area contributed by atoms with Gasteiger partial charge in [-0.2, -0.15) is 4.98 Å². The van der Waals surface area contributed by atoms with Gasteiger partial charge < -0.3 is 25.2 Å². The molecule has 11 heteroatoms. The number of fused-ring (bicyclic) bond motifs is 1. The number of aromatic nitrogens is 4. The van der Waals surface area contributed by atoms with Gasteiger partial charge >= 0.3 is 0 Å². The van der Waals surface area contributed by atoms with E-state index >= 15 is 0 Å². The van der Waals surface area contributed by atoms with Gasteiger partial charge in [-0.05, 0) is 44.2 Å². The first-order valence-electron chi connectivity index (χ1n) is 15.7. The van der Waals surface area contributed by atoms with Crippen LogP contribution in [0.25, 0.3) is 17.1 Å². The molecule has 2 fully saturated rings. The van der Waals surface area contributed by atoms with Crippen molar-refractivity contribution < 1.29 is 4.74 Å². The monoisotopic (exact) mass is 625 g/mol. The molecule has 2 saturated heterocycles. The maximum Gasteiger partial charge on any atom is 0.229 e. The summed E-state index contributed by atoms with van der Waals surface area (Å²) < 4.78 is 5.83. The highest BCUT2D eigenvalue weighted by Gasteiger charge is 2.27. The van der Waals surface area contributed by atoms with Gasteiger partial charge in [0, 0.05) is 86.5 Å². The molecule has 2 aliphatic heterocycles. The summed E-state index contributed by atoms with van der Waals surface area (Å²) in [5, 5.41) is 7.27. The van der Waals surface area contributed by atoms with E-state index in [0.29, 0.717) is 23.1 Å². The van der Waals surface area contributed by atoms with E-state index in [4.69, 9.17) is 9.72 Å². The molecule has 2 aliphatic rings.